The minimum Gasteiger partial charge on any atom is -0.497 e. The number of likely N-dealkylation sites (tertiary alicyclic amines) is 1. The van der Waals surface area contributed by atoms with E-state index in [0.717, 1.165) is 48.4 Å². The lowest BCUT2D eigenvalue weighted by Gasteiger charge is -2.32. The SMILES string of the molecule is COc1ccc2[nH]cc(C3CCN(C(=O)NCc4cccc(NC(C)=O)c4)CC3)c2c1. The third-order valence-electron chi connectivity index (χ3n) is 5.83. The molecule has 2 aromatic carbocycles. The minimum atomic E-state index is -0.113. The van der Waals surface area contributed by atoms with Gasteiger partial charge >= 0.3 is 6.03 Å². The third-order valence-corrected chi connectivity index (χ3v) is 5.83. The summed E-state index contributed by atoms with van der Waals surface area (Å²) in [5, 5.41) is 6.95. The van der Waals surface area contributed by atoms with Gasteiger partial charge in [-0.15, -0.1) is 0 Å². The summed E-state index contributed by atoms with van der Waals surface area (Å²) in [6.45, 7) is 3.34. The van der Waals surface area contributed by atoms with E-state index in [1.54, 1.807) is 7.11 Å². The Morgan fingerprint density at radius 2 is 1.97 bits per heavy atom. The predicted octanol–water partition coefficient (Wildman–Crippen LogP) is 4.22. The molecular weight excluding hydrogens is 392 g/mol. The summed E-state index contributed by atoms with van der Waals surface area (Å²) in [5.74, 6) is 1.16. The van der Waals surface area contributed by atoms with Gasteiger partial charge in [0.15, 0.2) is 0 Å². The summed E-state index contributed by atoms with van der Waals surface area (Å²) >= 11 is 0. The van der Waals surface area contributed by atoms with E-state index in [9.17, 15) is 9.59 Å². The molecule has 3 amide bonds. The Morgan fingerprint density at radius 3 is 2.71 bits per heavy atom. The first kappa shape index (κ1) is 20.8. The third kappa shape index (κ3) is 4.82. The molecule has 1 fully saturated rings. The zero-order chi connectivity index (χ0) is 21.8. The number of piperidine rings is 1. The molecule has 0 radical (unpaired) electrons. The number of urea groups is 1. The number of anilines is 1. The Bertz CT molecular complexity index is 1080. The second-order valence-electron chi connectivity index (χ2n) is 7.96. The molecule has 31 heavy (non-hydrogen) atoms. The highest BCUT2D eigenvalue weighted by molar-refractivity contribution is 5.88. The van der Waals surface area contributed by atoms with E-state index in [-0.39, 0.29) is 11.9 Å². The van der Waals surface area contributed by atoms with Crippen LogP contribution in [0.4, 0.5) is 10.5 Å². The van der Waals surface area contributed by atoms with Gasteiger partial charge in [0.1, 0.15) is 5.75 Å². The fourth-order valence-electron chi connectivity index (χ4n) is 4.23. The smallest absolute Gasteiger partial charge is 0.317 e. The number of fused-ring (bicyclic) bond motifs is 1. The summed E-state index contributed by atoms with van der Waals surface area (Å²) in [7, 11) is 1.68. The largest absolute Gasteiger partial charge is 0.497 e. The Kier molecular flexibility index (Phi) is 6.11. The van der Waals surface area contributed by atoms with Crippen LogP contribution in [0.3, 0.4) is 0 Å². The van der Waals surface area contributed by atoms with E-state index >= 15 is 0 Å². The van der Waals surface area contributed by atoms with Gasteiger partial charge in [0.2, 0.25) is 5.91 Å². The zero-order valence-corrected chi connectivity index (χ0v) is 17.9. The van der Waals surface area contributed by atoms with Crippen molar-refractivity contribution in [2.75, 3.05) is 25.5 Å². The minimum absolute atomic E-state index is 0.0519. The Hall–Kier alpha value is -3.48. The molecule has 0 spiro atoms. The number of rotatable bonds is 5. The van der Waals surface area contributed by atoms with Gasteiger partial charge in [-0.25, -0.2) is 4.79 Å². The maximum absolute atomic E-state index is 12.6. The Labute approximate surface area is 181 Å². The Balaban J connectivity index is 1.33. The fourth-order valence-corrected chi connectivity index (χ4v) is 4.23. The molecule has 3 N–H and O–H groups in total. The number of carbonyl (C=O) groups is 2. The van der Waals surface area contributed by atoms with E-state index < -0.39 is 0 Å². The molecule has 0 saturated carbocycles. The van der Waals surface area contributed by atoms with Crippen molar-refractivity contribution in [2.45, 2.75) is 32.2 Å². The highest BCUT2D eigenvalue weighted by atomic mass is 16.5. The zero-order valence-electron chi connectivity index (χ0n) is 17.9. The van der Waals surface area contributed by atoms with Crippen molar-refractivity contribution in [1.82, 2.24) is 15.2 Å². The maximum Gasteiger partial charge on any atom is 0.317 e. The molecule has 0 unspecified atom stereocenters. The predicted molar refractivity (Wildman–Crippen MR) is 121 cm³/mol. The number of hydrogen-bond acceptors (Lipinski definition) is 3. The van der Waals surface area contributed by atoms with Crippen molar-refractivity contribution in [3.05, 3.63) is 59.8 Å². The van der Waals surface area contributed by atoms with Crippen LogP contribution in [-0.2, 0) is 11.3 Å². The highest BCUT2D eigenvalue weighted by Gasteiger charge is 2.25. The molecule has 1 aliphatic rings. The number of aromatic nitrogens is 1. The van der Waals surface area contributed by atoms with Crippen LogP contribution < -0.4 is 15.4 Å². The summed E-state index contributed by atoms with van der Waals surface area (Å²) in [5.41, 5.74) is 4.08. The first-order valence-electron chi connectivity index (χ1n) is 10.6. The topological polar surface area (TPSA) is 86.5 Å². The number of methoxy groups -OCH3 is 1. The number of hydrogen-bond donors (Lipinski definition) is 3. The van der Waals surface area contributed by atoms with Crippen molar-refractivity contribution in [3.8, 4) is 5.75 Å². The van der Waals surface area contributed by atoms with E-state index in [0.29, 0.717) is 12.5 Å². The second kappa shape index (κ2) is 9.12. The number of H-pyrrole nitrogens is 1. The average Bonchev–Trinajstić information content (AvgIpc) is 3.20. The standard InChI is InChI=1S/C24H28N4O3/c1-16(29)27-19-5-3-4-17(12-19)14-26-24(30)28-10-8-18(9-11-28)22-15-25-23-7-6-20(31-2)13-21(22)23/h3-7,12-13,15,18,25H,8-11,14H2,1-2H3,(H,26,30)(H,27,29). The summed E-state index contributed by atoms with van der Waals surface area (Å²) in [6.07, 6.45) is 3.94. The van der Waals surface area contributed by atoms with Gasteiger partial charge in [-0.2, -0.15) is 0 Å². The van der Waals surface area contributed by atoms with E-state index in [1.165, 1.54) is 17.9 Å². The number of carbonyl (C=O) groups excluding carboxylic acids is 2. The summed E-state index contributed by atoms with van der Waals surface area (Å²) in [6, 6.07) is 13.5. The van der Waals surface area contributed by atoms with Gasteiger partial charge in [-0.05, 0) is 60.2 Å². The Morgan fingerprint density at radius 1 is 1.16 bits per heavy atom. The quantitative estimate of drug-likeness (QED) is 0.577. The molecule has 7 heteroatoms. The van der Waals surface area contributed by atoms with Gasteiger partial charge in [0.05, 0.1) is 7.11 Å². The summed E-state index contributed by atoms with van der Waals surface area (Å²) in [4.78, 5) is 29.1. The van der Waals surface area contributed by atoms with Crippen molar-refractivity contribution < 1.29 is 14.3 Å². The van der Waals surface area contributed by atoms with Crippen LogP contribution in [0.2, 0.25) is 0 Å². The lowest BCUT2D eigenvalue weighted by molar-refractivity contribution is -0.114. The van der Waals surface area contributed by atoms with Crippen LogP contribution in [0.5, 0.6) is 5.75 Å². The van der Waals surface area contributed by atoms with Gasteiger partial charge in [-0.3, -0.25) is 4.79 Å². The number of amides is 3. The van der Waals surface area contributed by atoms with Crippen LogP contribution in [0.1, 0.15) is 36.8 Å². The fraction of sp³-hybridized carbons (Fsp3) is 0.333. The monoisotopic (exact) mass is 420 g/mol. The summed E-state index contributed by atoms with van der Waals surface area (Å²) < 4.78 is 5.38. The van der Waals surface area contributed by atoms with Gasteiger partial charge in [0.25, 0.3) is 0 Å². The maximum atomic E-state index is 12.6. The first-order valence-corrected chi connectivity index (χ1v) is 10.6. The number of aromatic amines is 1. The van der Waals surface area contributed by atoms with E-state index in [1.807, 2.05) is 41.3 Å². The highest BCUT2D eigenvalue weighted by Crippen LogP contribution is 2.34. The van der Waals surface area contributed by atoms with Crippen molar-refractivity contribution in [3.63, 3.8) is 0 Å². The molecule has 3 aromatic rings. The molecule has 4 rings (SSSR count). The van der Waals surface area contributed by atoms with E-state index in [2.05, 4.69) is 27.9 Å². The first-order chi connectivity index (χ1) is 15.0. The molecule has 1 aromatic heterocycles. The van der Waals surface area contributed by atoms with E-state index in [4.69, 9.17) is 4.74 Å². The number of ether oxygens (including phenoxy) is 1. The molecule has 1 aliphatic heterocycles. The normalized spacial score (nSPS) is 14.5. The van der Waals surface area contributed by atoms with Crippen LogP contribution in [-0.4, -0.2) is 42.0 Å². The number of nitrogens with one attached hydrogen (secondary N) is 3. The average molecular weight is 421 g/mol. The lowest BCUT2D eigenvalue weighted by atomic mass is 9.89. The van der Waals surface area contributed by atoms with Crippen LogP contribution >= 0.6 is 0 Å². The molecular formula is C24H28N4O3. The van der Waals surface area contributed by atoms with Crippen LogP contribution in [0, 0.1) is 0 Å². The lowest BCUT2D eigenvalue weighted by Crippen LogP contribution is -2.43. The van der Waals surface area contributed by atoms with Gasteiger partial charge < -0.3 is 25.3 Å². The van der Waals surface area contributed by atoms with Crippen molar-refractivity contribution in [1.29, 1.82) is 0 Å². The van der Waals surface area contributed by atoms with Gasteiger partial charge in [0, 0.05) is 49.3 Å². The van der Waals surface area contributed by atoms with Crippen molar-refractivity contribution in [2.24, 2.45) is 0 Å². The molecule has 7 nitrogen and oxygen atoms in total. The second-order valence-corrected chi connectivity index (χ2v) is 7.96. The van der Waals surface area contributed by atoms with Crippen LogP contribution in [0.15, 0.2) is 48.7 Å². The number of nitrogens with zero attached hydrogens (tertiary/aromatic N) is 1. The van der Waals surface area contributed by atoms with Gasteiger partial charge in [-0.1, -0.05) is 12.1 Å². The number of benzene rings is 2. The van der Waals surface area contributed by atoms with Crippen molar-refractivity contribution >= 4 is 28.5 Å². The molecule has 0 bridgehead atoms. The molecule has 2 heterocycles. The molecule has 1 saturated heterocycles. The van der Waals surface area contributed by atoms with Crippen LogP contribution in [0.25, 0.3) is 10.9 Å². The molecule has 0 aliphatic carbocycles. The molecule has 0 atom stereocenters. The molecule has 162 valence electrons.